The van der Waals surface area contributed by atoms with E-state index in [0.29, 0.717) is 0 Å². The second-order valence-electron chi connectivity index (χ2n) is 4.80. The molecule has 4 nitrogen and oxygen atoms in total. The van der Waals surface area contributed by atoms with E-state index in [1.807, 2.05) is 6.92 Å². The largest absolute Gasteiger partial charge is 0.385 e. The zero-order chi connectivity index (χ0) is 11.9. The topological polar surface area (TPSA) is 50.4 Å². The van der Waals surface area contributed by atoms with Crippen LogP contribution in [0.4, 0.5) is 0 Å². The molecule has 0 aromatic rings. The molecule has 1 rings (SSSR count). The molecule has 16 heavy (non-hydrogen) atoms. The van der Waals surface area contributed by atoms with E-state index in [1.165, 1.54) is 0 Å². The van der Waals surface area contributed by atoms with Crippen LogP contribution in [0.1, 0.15) is 32.6 Å². The highest BCUT2D eigenvalue weighted by atomic mass is 16.5. The molecule has 0 aliphatic carbocycles. The number of nitrogens with one attached hydrogen (secondary N) is 2. The van der Waals surface area contributed by atoms with Crippen molar-refractivity contribution >= 4 is 5.91 Å². The van der Waals surface area contributed by atoms with Gasteiger partial charge in [0.15, 0.2) is 0 Å². The molecular formula is C12H24N2O2. The lowest BCUT2D eigenvalue weighted by atomic mass is 9.89. The summed E-state index contributed by atoms with van der Waals surface area (Å²) < 4.78 is 4.97. The summed E-state index contributed by atoms with van der Waals surface area (Å²) in [6, 6.07) is 0. The molecule has 4 heteroatoms. The Labute approximate surface area is 98.1 Å². The van der Waals surface area contributed by atoms with Crippen LogP contribution in [0.25, 0.3) is 0 Å². The fourth-order valence-electron chi connectivity index (χ4n) is 1.97. The number of ether oxygens (including phenoxy) is 1. The fraction of sp³-hybridized carbons (Fsp3) is 0.917. The second-order valence-corrected chi connectivity index (χ2v) is 4.80. The van der Waals surface area contributed by atoms with Crippen molar-refractivity contribution in [3.05, 3.63) is 0 Å². The Morgan fingerprint density at radius 3 is 2.88 bits per heavy atom. The molecule has 1 heterocycles. The molecule has 0 aromatic heterocycles. The van der Waals surface area contributed by atoms with Gasteiger partial charge < -0.3 is 15.4 Å². The molecule has 1 unspecified atom stereocenters. The van der Waals surface area contributed by atoms with E-state index in [-0.39, 0.29) is 11.3 Å². The van der Waals surface area contributed by atoms with Crippen LogP contribution in [-0.4, -0.2) is 39.3 Å². The number of carbonyl (C=O) groups excluding carboxylic acids is 1. The van der Waals surface area contributed by atoms with Gasteiger partial charge in [-0.25, -0.2) is 0 Å². The maximum absolute atomic E-state index is 11.9. The lowest BCUT2D eigenvalue weighted by Crippen LogP contribution is -2.40. The van der Waals surface area contributed by atoms with Crippen LogP contribution >= 0.6 is 0 Å². The van der Waals surface area contributed by atoms with Crippen molar-refractivity contribution in [2.24, 2.45) is 5.41 Å². The minimum absolute atomic E-state index is 0.188. The molecule has 0 spiro atoms. The number of methoxy groups -OCH3 is 1. The third-order valence-corrected chi connectivity index (χ3v) is 3.23. The second kappa shape index (κ2) is 6.86. The van der Waals surface area contributed by atoms with Crippen LogP contribution in [0, 0.1) is 5.41 Å². The van der Waals surface area contributed by atoms with Crippen molar-refractivity contribution in [2.45, 2.75) is 32.6 Å². The highest BCUT2D eigenvalue weighted by molar-refractivity contribution is 5.82. The maximum Gasteiger partial charge on any atom is 0.227 e. The SMILES string of the molecule is COCCCCCNC(=O)C1(C)CCNC1. The van der Waals surface area contributed by atoms with Gasteiger partial charge in [0.05, 0.1) is 5.41 Å². The molecule has 1 fully saturated rings. The fourth-order valence-corrected chi connectivity index (χ4v) is 1.97. The molecular weight excluding hydrogens is 204 g/mol. The Hall–Kier alpha value is -0.610. The highest BCUT2D eigenvalue weighted by Gasteiger charge is 2.35. The summed E-state index contributed by atoms with van der Waals surface area (Å²) in [5.74, 6) is 0.198. The number of amides is 1. The first-order chi connectivity index (χ1) is 7.69. The monoisotopic (exact) mass is 228 g/mol. The van der Waals surface area contributed by atoms with Crippen LogP contribution in [0.3, 0.4) is 0 Å². The summed E-state index contributed by atoms with van der Waals surface area (Å²) in [6.07, 6.45) is 4.18. The number of rotatable bonds is 7. The van der Waals surface area contributed by atoms with E-state index in [9.17, 15) is 4.79 Å². The van der Waals surface area contributed by atoms with Crippen LogP contribution in [0.5, 0.6) is 0 Å². The zero-order valence-electron chi connectivity index (χ0n) is 10.5. The van der Waals surface area contributed by atoms with E-state index in [2.05, 4.69) is 10.6 Å². The van der Waals surface area contributed by atoms with Gasteiger partial charge in [0, 0.05) is 26.8 Å². The average Bonchev–Trinajstić information content (AvgIpc) is 2.71. The van der Waals surface area contributed by atoms with Crippen LogP contribution in [0.15, 0.2) is 0 Å². The number of carbonyl (C=O) groups is 1. The summed E-state index contributed by atoms with van der Waals surface area (Å²) in [5, 5.41) is 6.26. The molecule has 0 bridgehead atoms. The van der Waals surface area contributed by atoms with Crippen molar-refractivity contribution in [3.8, 4) is 0 Å². The molecule has 1 aliphatic rings. The maximum atomic E-state index is 11.9. The van der Waals surface area contributed by atoms with Crippen LogP contribution in [0.2, 0.25) is 0 Å². The standard InChI is InChI=1S/C12H24N2O2/c1-12(6-8-13-10-12)11(15)14-7-4-3-5-9-16-2/h13H,3-10H2,1-2H3,(H,14,15). The number of unbranched alkanes of at least 4 members (excludes halogenated alkanes) is 2. The summed E-state index contributed by atoms with van der Waals surface area (Å²) in [6.45, 7) is 5.40. The summed E-state index contributed by atoms with van der Waals surface area (Å²) in [7, 11) is 1.72. The first-order valence-corrected chi connectivity index (χ1v) is 6.17. The molecule has 1 atom stereocenters. The van der Waals surface area contributed by atoms with Gasteiger partial charge in [0.2, 0.25) is 5.91 Å². The molecule has 1 amide bonds. The Balaban J connectivity index is 2.06. The smallest absolute Gasteiger partial charge is 0.227 e. The van der Waals surface area contributed by atoms with Crippen molar-refractivity contribution in [1.82, 2.24) is 10.6 Å². The van der Waals surface area contributed by atoms with E-state index in [4.69, 9.17) is 4.74 Å². The summed E-state index contributed by atoms with van der Waals surface area (Å²) >= 11 is 0. The van der Waals surface area contributed by atoms with Gasteiger partial charge in [0.1, 0.15) is 0 Å². The summed E-state index contributed by atoms with van der Waals surface area (Å²) in [4.78, 5) is 11.9. The summed E-state index contributed by atoms with van der Waals surface area (Å²) in [5.41, 5.74) is -0.188. The Bertz CT molecular complexity index is 213. The predicted molar refractivity (Wildman–Crippen MR) is 64.3 cm³/mol. The van der Waals surface area contributed by atoms with E-state index in [1.54, 1.807) is 7.11 Å². The van der Waals surface area contributed by atoms with Crippen molar-refractivity contribution in [3.63, 3.8) is 0 Å². The first kappa shape index (κ1) is 13.5. The van der Waals surface area contributed by atoms with Crippen LogP contribution in [-0.2, 0) is 9.53 Å². The van der Waals surface area contributed by atoms with Crippen LogP contribution < -0.4 is 10.6 Å². The molecule has 0 saturated carbocycles. The molecule has 0 aromatic carbocycles. The third kappa shape index (κ3) is 4.10. The normalized spacial score (nSPS) is 24.6. The molecule has 94 valence electrons. The van der Waals surface area contributed by atoms with Gasteiger partial charge in [-0.3, -0.25) is 4.79 Å². The van der Waals surface area contributed by atoms with Crippen molar-refractivity contribution in [1.29, 1.82) is 0 Å². The molecule has 2 N–H and O–H groups in total. The molecule has 0 radical (unpaired) electrons. The number of hydrogen-bond donors (Lipinski definition) is 2. The number of hydrogen-bond acceptors (Lipinski definition) is 3. The quantitative estimate of drug-likeness (QED) is 0.637. The Morgan fingerprint density at radius 2 is 2.25 bits per heavy atom. The lowest BCUT2D eigenvalue weighted by molar-refractivity contribution is -0.129. The van der Waals surface area contributed by atoms with Gasteiger partial charge in [-0.2, -0.15) is 0 Å². The first-order valence-electron chi connectivity index (χ1n) is 6.17. The van der Waals surface area contributed by atoms with Gasteiger partial charge in [-0.05, 0) is 39.2 Å². The van der Waals surface area contributed by atoms with Gasteiger partial charge in [0.25, 0.3) is 0 Å². The Kier molecular flexibility index (Phi) is 5.77. The highest BCUT2D eigenvalue weighted by Crippen LogP contribution is 2.24. The van der Waals surface area contributed by atoms with E-state index in [0.717, 1.165) is 51.9 Å². The van der Waals surface area contributed by atoms with Crippen molar-refractivity contribution in [2.75, 3.05) is 33.4 Å². The van der Waals surface area contributed by atoms with Gasteiger partial charge in [-0.1, -0.05) is 0 Å². The van der Waals surface area contributed by atoms with Gasteiger partial charge >= 0.3 is 0 Å². The Morgan fingerprint density at radius 1 is 1.44 bits per heavy atom. The predicted octanol–water partition coefficient (Wildman–Crippen LogP) is 0.919. The lowest BCUT2D eigenvalue weighted by Gasteiger charge is -2.21. The van der Waals surface area contributed by atoms with Gasteiger partial charge in [-0.15, -0.1) is 0 Å². The average molecular weight is 228 g/mol. The molecule has 1 saturated heterocycles. The van der Waals surface area contributed by atoms with E-state index >= 15 is 0 Å². The van der Waals surface area contributed by atoms with E-state index < -0.39 is 0 Å². The molecule has 1 aliphatic heterocycles. The zero-order valence-corrected chi connectivity index (χ0v) is 10.5. The third-order valence-electron chi connectivity index (χ3n) is 3.23. The van der Waals surface area contributed by atoms with Crippen molar-refractivity contribution < 1.29 is 9.53 Å². The minimum atomic E-state index is -0.188. The minimum Gasteiger partial charge on any atom is -0.385 e.